The highest BCUT2D eigenvalue weighted by atomic mass is 35.5. The van der Waals surface area contributed by atoms with Crippen LogP contribution in [0.5, 0.6) is 0 Å². The van der Waals surface area contributed by atoms with E-state index in [0.29, 0.717) is 28.8 Å². The Kier molecular flexibility index (Phi) is 4.05. The monoisotopic (exact) mass is 378 g/mol. The fourth-order valence-electron chi connectivity index (χ4n) is 3.19. The van der Waals surface area contributed by atoms with Crippen LogP contribution in [0.3, 0.4) is 0 Å². The van der Waals surface area contributed by atoms with Crippen molar-refractivity contribution < 1.29 is 0 Å². The largest absolute Gasteiger partial charge is 0.341 e. The molecule has 2 aromatic rings. The molecule has 2 aliphatic rings. The molecule has 27 heavy (non-hydrogen) atoms. The first-order chi connectivity index (χ1) is 13.0. The molecule has 0 spiro atoms. The van der Waals surface area contributed by atoms with Gasteiger partial charge >= 0.3 is 0 Å². The van der Waals surface area contributed by atoms with Crippen LogP contribution in [0.25, 0.3) is 17.1 Å². The van der Waals surface area contributed by atoms with Crippen LogP contribution in [-0.4, -0.2) is 23.9 Å². The van der Waals surface area contributed by atoms with Gasteiger partial charge in [0.05, 0.1) is 29.0 Å². The second-order valence-electron chi connectivity index (χ2n) is 6.23. The Hall–Kier alpha value is -3.37. The van der Waals surface area contributed by atoms with Gasteiger partial charge in [0.1, 0.15) is 16.8 Å². The summed E-state index contributed by atoms with van der Waals surface area (Å²) in [6, 6.07) is 9.34. The van der Waals surface area contributed by atoms with E-state index in [2.05, 4.69) is 16.2 Å². The standard InChI is InChI=1S/C19H15ClN6O/c1-12-16(10-23-24(12)2)26-15-4-3-7-25(18(15)14(8-21)19(26)27)11-13-5-6-17(20)22-9-13/h3-7,9-10H,11H2,1-2H3. The number of hydrogen-bond acceptors (Lipinski definition) is 4. The molecule has 0 fully saturated rings. The molecule has 0 saturated heterocycles. The third-order valence-electron chi connectivity index (χ3n) is 4.65. The summed E-state index contributed by atoms with van der Waals surface area (Å²) in [5.74, 6) is 0. The van der Waals surface area contributed by atoms with Gasteiger partial charge in [-0.3, -0.25) is 14.0 Å². The molecule has 4 heterocycles. The topological polar surface area (TPSA) is 81.4 Å². The van der Waals surface area contributed by atoms with E-state index >= 15 is 0 Å². The Balaban J connectivity index is 1.92. The van der Waals surface area contributed by atoms with E-state index in [1.807, 2.05) is 42.9 Å². The number of hydrogen-bond donors (Lipinski definition) is 0. The number of aryl methyl sites for hydroxylation is 1. The predicted octanol–water partition coefficient (Wildman–Crippen LogP) is 2.75. The average Bonchev–Trinajstić information content (AvgIpc) is 3.13. The molecule has 134 valence electrons. The first-order valence-corrected chi connectivity index (χ1v) is 8.62. The zero-order chi connectivity index (χ0) is 19.1. The SMILES string of the molecule is Cc1c(-n2c3cccn(Cc4ccc(Cl)nc4)c-3c(C#N)c2=O)cnn1C. The second-order valence-corrected chi connectivity index (χ2v) is 6.61. The molecule has 0 aromatic carbocycles. The van der Waals surface area contributed by atoms with Gasteiger partial charge in [-0.1, -0.05) is 17.7 Å². The molecule has 0 unspecified atom stereocenters. The number of aromatic nitrogens is 5. The molecule has 0 radical (unpaired) electrons. The maximum atomic E-state index is 13.0. The minimum absolute atomic E-state index is 0.107. The summed E-state index contributed by atoms with van der Waals surface area (Å²) < 4.78 is 5.12. The Morgan fingerprint density at radius 1 is 1.26 bits per heavy atom. The van der Waals surface area contributed by atoms with Crippen molar-refractivity contribution in [3.8, 4) is 23.1 Å². The highest BCUT2D eigenvalue weighted by Gasteiger charge is 2.25. The van der Waals surface area contributed by atoms with Gasteiger partial charge in [-0.05, 0) is 30.7 Å². The molecule has 4 rings (SSSR count). The van der Waals surface area contributed by atoms with E-state index < -0.39 is 0 Å². The minimum Gasteiger partial charge on any atom is -0.341 e. The third-order valence-corrected chi connectivity index (χ3v) is 4.87. The van der Waals surface area contributed by atoms with Crippen molar-refractivity contribution in [1.29, 1.82) is 5.26 Å². The molecule has 0 saturated carbocycles. The number of halogens is 1. The normalized spacial score (nSPS) is 11.0. The summed E-state index contributed by atoms with van der Waals surface area (Å²) in [7, 11) is 1.81. The van der Waals surface area contributed by atoms with Crippen molar-refractivity contribution >= 4 is 11.6 Å². The molecule has 0 bridgehead atoms. The van der Waals surface area contributed by atoms with Crippen LogP contribution in [0.1, 0.15) is 16.8 Å². The zero-order valence-electron chi connectivity index (χ0n) is 14.7. The van der Waals surface area contributed by atoms with Gasteiger partial charge in [-0.15, -0.1) is 0 Å². The van der Waals surface area contributed by atoms with E-state index in [4.69, 9.17) is 11.6 Å². The van der Waals surface area contributed by atoms with Crippen LogP contribution in [0.2, 0.25) is 5.15 Å². The second kappa shape index (κ2) is 6.41. The van der Waals surface area contributed by atoms with Crippen LogP contribution in [0.4, 0.5) is 0 Å². The number of fused-ring (bicyclic) bond motifs is 1. The Morgan fingerprint density at radius 2 is 2.07 bits per heavy atom. The summed E-state index contributed by atoms with van der Waals surface area (Å²) in [6.07, 6.45) is 5.16. The van der Waals surface area contributed by atoms with Crippen molar-refractivity contribution in [3.63, 3.8) is 0 Å². The molecule has 7 nitrogen and oxygen atoms in total. The van der Waals surface area contributed by atoms with Crippen LogP contribution in [0.15, 0.2) is 47.7 Å². The molecule has 0 aliphatic carbocycles. The molecule has 0 amide bonds. The van der Waals surface area contributed by atoms with Gasteiger partial charge in [0, 0.05) is 26.0 Å². The van der Waals surface area contributed by atoms with Crippen LogP contribution in [-0.2, 0) is 13.6 Å². The van der Waals surface area contributed by atoms with Crippen molar-refractivity contribution in [2.24, 2.45) is 7.05 Å². The fourth-order valence-corrected chi connectivity index (χ4v) is 3.30. The number of nitrogens with zero attached hydrogens (tertiary/aromatic N) is 6. The average molecular weight is 379 g/mol. The lowest BCUT2D eigenvalue weighted by molar-refractivity contribution is 0.738. The third kappa shape index (κ3) is 2.71. The zero-order valence-corrected chi connectivity index (χ0v) is 15.5. The number of rotatable bonds is 3. The van der Waals surface area contributed by atoms with Crippen molar-refractivity contribution in [2.75, 3.05) is 0 Å². The van der Waals surface area contributed by atoms with Gasteiger partial charge in [-0.25, -0.2) is 4.98 Å². The van der Waals surface area contributed by atoms with Crippen LogP contribution < -0.4 is 5.56 Å². The highest BCUT2D eigenvalue weighted by Crippen LogP contribution is 2.28. The van der Waals surface area contributed by atoms with E-state index in [9.17, 15) is 10.1 Å². The summed E-state index contributed by atoms with van der Waals surface area (Å²) >= 11 is 5.85. The molecular weight excluding hydrogens is 364 g/mol. The van der Waals surface area contributed by atoms with Gasteiger partial charge in [0.2, 0.25) is 0 Å². The van der Waals surface area contributed by atoms with Crippen molar-refractivity contribution in [3.05, 3.63) is 75.2 Å². The van der Waals surface area contributed by atoms with E-state index in [-0.39, 0.29) is 11.1 Å². The Morgan fingerprint density at radius 3 is 2.70 bits per heavy atom. The van der Waals surface area contributed by atoms with Crippen molar-refractivity contribution in [1.82, 2.24) is 23.9 Å². The Bertz CT molecular complexity index is 1210. The first kappa shape index (κ1) is 17.1. The van der Waals surface area contributed by atoms with E-state index in [1.165, 1.54) is 0 Å². The summed E-state index contributed by atoms with van der Waals surface area (Å²) in [4.78, 5) is 17.1. The first-order valence-electron chi connectivity index (χ1n) is 8.24. The Labute approximate surface area is 160 Å². The van der Waals surface area contributed by atoms with Crippen LogP contribution in [0, 0.1) is 18.3 Å². The lowest BCUT2D eigenvalue weighted by Crippen LogP contribution is -2.15. The lowest BCUT2D eigenvalue weighted by atomic mass is 10.2. The highest BCUT2D eigenvalue weighted by molar-refractivity contribution is 6.29. The van der Waals surface area contributed by atoms with Gasteiger partial charge < -0.3 is 4.57 Å². The fraction of sp³-hybridized carbons (Fsp3) is 0.158. The van der Waals surface area contributed by atoms with Gasteiger partial charge in [-0.2, -0.15) is 10.4 Å². The lowest BCUT2D eigenvalue weighted by Gasteiger charge is -2.14. The van der Waals surface area contributed by atoms with Crippen molar-refractivity contribution in [2.45, 2.75) is 13.5 Å². The quantitative estimate of drug-likeness (QED) is 0.513. The smallest absolute Gasteiger partial charge is 0.275 e. The molecule has 8 heteroatoms. The molecule has 0 N–H and O–H groups in total. The molecule has 0 atom stereocenters. The minimum atomic E-state index is -0.349. The maximum absolute atomic E-state index is 13.0. The van der Waals surface area contributed by atoms with Gasteiger partial charge in [0.15, 0.2) is 0 Å². The van der Waals surface area contributed by atoms with E-state index in [0.717, 1.165) is 11.3 Å². The summed E-state index contributed by atoms with van der Waals surface area (Å²) in [6.45, 7) is 2.35. The summed E-state index contributed by atoms with van der Waals surface area (Å²) in [5, 5.41) is 14.3. The summed E-state index contributed by atoms with van der Waals surface area (Å²) in [5.41, 5.74) is 3.43. The maximum Gasteiger partial charge on any atom is 0.275 e. The van der Waals surface area contributed by atoms with E-state index in [1.54, 1.807) is 27.7 Å². The predicted molar refractivity (Wildman–Crippen MR) is 101 cm³/mol. The van der Waals surface area contributed by atoms with Gasteiger partial charge in [0.25, 0.3) is 5.56 Å². The number of pyridine rings is 2. The molecule has 2 aliphatic heterocycles. The molecule has 2 aromatic heterocycles. The molecular formula is C19H15ClN6O. The van der Waals surface area contributed by atoms with Crippen LogP contribution >= 0.6 is 11.6 Å². The number of nitriles is 1.